The molecule has 0 spiro atoms. The topological polar surface area (TPSA) is 26.0 Å². The summed E-state index contributed by atoms with van der Waals surface area (Å²) in [6.07, 6.45) is 1.79. The first-order chi connectivity index (χ1) is 9.58. The molecule has 0 aliphatic carbocycles. The molecule has 0 aliphatic rings. The predicted molar refractivity (Wildman–Crippen MR) is 82.6 cm³/mol. The summed E-state index contributed by atoms with van der Waals surface area (Å²) in [4.78, 5) is 0. The molecule has 0 bridgehead atoms. The Balaban J connectivity index is 2.55. The average molecular weight is 292 g/mol. The van der Waals surface area contributed by atoms with Crippen molar-refractivity contribution in [3.8, 4) is 0 Å². The number of halogens is 2. The Hall–Kier alpha value is -1.38. The Morgan fingerprint density at radius 1 is 1.15 bits per heavy atom. The van der Waals surface area contributed by atoms with E-state index < -0.39 is 6.04 Å². The minimum absolute atomic E-state index is 0.353. The molecule has 0 radical (unpaired) electrons. The first-order valence-corrected chi connectivity index (χ1v) is 7.27. The van der Waals surface area contributed by atoms with E-state index in [4.69, 9.17) is 17.3 Å². The third-order valence-electron chi connectivity index (χ3n) is 3.65. The zero-order chi connectivity index (χ0) is 14.7. The summed E-state index contributed by atoms with van der Waals surface area (Å²) in [6, 6.07) is 10.4. The molecule has 3 heteroatoms. The fourth-order valence-electron chi connectivity index (χ4n) is 2.44. The second-order valence-corrected chi connectivity index (χ2v) is 5.26. The smallest absolute Gasteiger partial charge is 0.129 e. The second kappa shape index (κ2) is 6.38. The average Bonchev–Trinajstić information content (AvgIpc) is 2.46. The van der Waals surface area contributed by atoms with E-state index in [0.29, 0.717) is 10.6 Å². The third-order valence-corrected chi connectivity index (χ3v) is 3.97. The molecule has 0 fully saturated rings. The van der Waals surface area contributed by atoms with Crippen LogP contribution in [-0.2, 0) is 12.8 Å². The molecule has 20 heavy (non-hydrogen) atoms. The fourth-order valence-corrected chi connectivity index (χ4v) is 2.72. The number of rotatable bonds is 4. The second-order valence-electron chi connectivity index (χ2n) is 4.85. The van der Waals surface area contributed by atoms with Gasteiger partial charge in [0.2, 0.25) is 0 Å². The van der Waals surface area contributed by atoms with E-state index in [-0.39, 0.29) is 5.82 Å². The van der Waals surface area contributed by atoms with Gasteiger partial charge >= 0.3 is 0 Å². The van der Waals surface area contributed by atoms with Crippen LogP contribution in [-0.4, -0.2) is 0 Å². The third kappa shape index (κ3) is 2.87. The molecule has 1 atom stereocenters. The maximum atomic E-state index is 14.0. The Labute approximate surface area is 124 Å². The van der Waals surface area contributed by atoms with Crippen LogP contribution in [0.15, 0.2) is 36.4 Å². The summed E-state index contributed by atoms with van der Waals surface area (Å²) in [5.74, 6) is -0.353. The van der Waals surface area contributed by atoms with Crippen molar-refractivity contribution in [2.45, 2.75) is 32.7 Å². The van der Waals surface area contributed by atoms with Crippen molar-refractivity contribution in [1.29, 1.82) is 0 Å². The van der Waals surface area contributed by atoms with E-state index in [1.807, 2.05) is 0 Å². The van der Waals surface area contributed by atoms with Crippen LogP contribution in [0.2, 0.25) is 5.02 Å². The molecule has 2 N–H and O–H groups in total. The van der Waals surface area contributed by atoms with Crippen LogP contribution in [0.4, 0.5) is 4.39 Å². The Morgan fingerprint density at radius 2 is 1.90 bits per heavy atom. The fraction of sp³-hybridized carbons (Fsp3) is 0.294. The number of aryl methyl sites for hydroxylation is 2. The normalized spacial score (nSPS) is 12.4. The molecule has 1 unspecified atom stereocenters. The largest absolute Gasteiger partial charge is 0.320 e. The first-order valence-electron chi connectivity index (χ1n) is 6.89. The highest BCUT2D eigenvalue weighted by atomic mass is 35.5. The van der Waals surface area contributed by atoms with Crippen molar-refractivity contribution >= 4 is 11.6 Å². The van der Waals surface area contributed by atoms with Crippen LogP contribution in [0, 0.1) is 5.82 Å². The van der Waals surface area contributed by atoms with Crippen molar-refractivity contribution in [3.05, 3.63) is 69.5 Å². The van der Waals surface area contributed by atoms with Gasteiger partial charge in [-0.3, -0.25) is 0 Å². The van der Waals surface area contributed by atoms with Gasteiger partial charge in [-0.1, -0.05) is 49.7 Å². The van der Waals surface area contributed by atoms with Crippen LogP contribution in [0.3, 0.4) is 0 Å². The zero-order valence-corrected chi connectivity index (χ0v) is 12.5. The molecule has 0 aliphatic heterocycles. The lowest BCUT2D eigenvalue weighted by Gasteiger charge is -2.19. The van der Waals surface area contributed by atoms with Crippen molar-refractivity contribution in [3.63, 3.8) is 0 Å². The Bertz CT molecular complexity index is 590. The molecular weight excluding hydrogens is 273 g/mol. The van der Waals surface area contributed by atoms with Gasteiger partial charge in [0, 0.05) is 10.6 Å². The lowest BCUT2D eigenvalue weighted by molar-refractivity contribution is 0.599. The van der Waals surface area contributed by atoms with Crippen molar-refractivity contribution < 1.29 is 4.39 Å². The van der Waals surface area contributed by atoms with Gasteiger partial charge in [0.15, 0.2) is 0 Å². The van der Waals surface area contributed by atoms with Crippen LogP contribution in [0.5, 0.6) is 0 Å². The number of hydrogen-bond donors (Lipinski definition) is 1. The highest BCUT2D eigenvalue weighted by Gasteiger charge is 2.19. The van der Waals surface area contributed by atoms with Crippen LogP contribution < -0.4 is 5.73 Å². The van der Waals surface area contributed by atoms with E-state index >= 15 is 0 Å². The first kappa shape index (κ1) is 15.0. The van der Waals surface area contributed by atoms with Crippen molar-refractivity contribution in [1.82, 2.24) is 0 Å². The van der Waals surface area contributed by atoms with Gasteiger partial charge in [0.1, 0.15) is 5.82 Å². The molecule has 0 amide bonds. The summed E-state index contributed by atoms with van der Waals surface area (Å²) in [5.41, 5.74) is 9.95. The molecule has 2 aromatic carbocycles. The van der Waals surface area contributed by atoms with Crippen LogP contribution in [0.1, 0.15) is 42.1 Å². The molecule has 1 nitrogen and oxygen atoms in total. The van der Waals surface area contributed by atoms with E-state index in [1.165, 1.54) is 11.6 Å². The van der Waals surface area contributed by atoms with Gasteiger partial charge in [0.05, 0.1) is 6.04 Å². The van der Waals surface area contributed by atoms with Gasteiger partial charge in [0.25, 0.3) is 0 Å². The van der Waals surface area contributed by atoms with Crippen molar-refractivity contribution in [2.75, 3.05) is 0 Å². The maximum absolute atomic E-state index is 14.0. The molecular formula is C17H19ClFN. The van der Waals surface area contributed by atoms with Gasteiger partial charge in [-0.05, 0) is 41.7 Å². The molecule has 0 saturated heterocycles. The van der Waals surface area contributed by atoms with Gasteiger partial charge in [-0.2, -0.15) is 0 Å². The highest BCUT2D eigenvalue weighted by molar-refractivity contribution is 6.31. The number of nitrogens with two attached hydrogens (primary N) is 1. The SMILES string of the molecule is CCc1ccc(CC)c(C(N)c2c(F)cccc2Cl)c1. The molecule has 0 saturated carbocycles. The predicted octanol–water partition coefficient (Wildman–Crippen LogP) is 4.65. The highest BCUT2D eigenvalue weighted by Crippen LogP contribution is 2.31. The Morgan fingerprint density at radius 3 is 2.50 bits per heavy atom. The van der Waals surface area contributed by atoms with Gasteiger partial charge < -0.3 is 5.73 Å². The van der Waals surface area contributed by atoms with E-state index in [1.54, 1.807) is 12.1 Å². The van der Waals surface area contributed by atoms with Gasteiger partial charge in [-0.15, -0.1) is 0 Å². The van der Waals surface area contributed by atoms with Crippen molar-refractivity contribution in [2.24, 2.45) is 5.73 Å². The summed E-state index contributed by atoms with van der Waals surface area (Å²) < 4.78 is 14.0. The molecule has 0 heterocycles. The number of hydrogen-bond acceptors (Lipinski definition) is 1. The van der Waals surface area contributed by atoms with Crippen LogP contribution >= 0.6 is 11.6 Å². The number of benzene rings is 2. The summed E-state index contributed by atoms with van der Waals surface area (Å²) >= 11 is 6.12. The lowest BCUT2D eigenvalue weighted by Crippen LogP contribution is -2.16. The van der Waals surface area contributed by atoms with E-state index in [9.17, 15) is 4.39 Å². The van der Waals surface area contributed by atoms with Gasteiger partial charge in [-0.25, -0.2) is 4.39 Å². The van der Waals surface area contributed by atoms with E-state index in [0.717, 1.165) is 24.0 Å². The summed E-state index contributed by atoms with van der Waals surface area (Å²) in [6.45, 7) is 4.16. The maximum Gasteiger partial charge on any atom is 0.129 e. The summed E-state index contributed by atoms with van der Waals surface area (Å²) in [5, 5.41) is 0.376. The monoisotopic (exact) mass is 291 g/mol. The molecule has 106 valence electrons. The standard InChI is InChI=1S/C17H19ClFN/c1-3-11-8-9-12(4-2)13(10-11)17(20)16-14(18)6-5-7-15(16)19/h5-10,17H,3-4,20H2,1-2H3. The minimum atomic E-state index is -0.537. The molecule has 2 aromatic rings. The quantitative estimate of drug-likeness (QED) is 0.871. The minimum Gasteiger partial charge on any atom is -0.320 e. The molecule has 0 aromatic heterocycles. The van der Waals surface area contributed by atoms with E-state index in [2.05, 4.69) is 32.0 Å². The Kier molecular flexibility index (Phi) is 4.79. The summed E-state index contributed by atoms with van der Waals surface area (Å²) in [7, 11) is 0. The van der Waals surface area contributed by atoms with Crippen LogP contribution in [0.25, 0.3) is 0 Å². The lowest BCUT2D eigenvalue weighted by atomic mass is 9.91. The zero-order valence-electron chi connectivity index (χ0n) is 11.8. The molecule has 2 rings (SSSR count).